The van der Waals surface area contributed by atoms with Crippen molar-refractivity contribution in [3.8, 4) is 17.7 Å². The first-order valence-corrected chi connectivity index (χ1v) is 12.4. The average Bonchev–Trinajstić information content (AvgIpc) is 3.35. The minimum absolute atomic E-state index is 0.234. The van der Waals surface area contributed by atoms with Crippen molar-refractivity contribution in [3.05, 3.63) is 57.3 Å². The van der Waals surface area contributed by atoms with Gasteiger partial charge < -0.3 is 14.7 Å². The van der Waals surface area contributed by atoms with Crippen LogP contribution in [-0.2, 0) is 6.42 Å². The van der Waals surface area contributed by atoms with Gasteiger partial charge in [-0.3, -0.25) is 15.1 Å². The second-order valence-corrected chi connectivity index (χ2v) is 9.25. The number of ether oxygens (including phenoxy) is 1. The molecule has 11 nitrogen and oxygen atoms in total. The Morgan fingerprint density at radius 3 is 2.92 bits per heavy atom. The van der Waals surface area contributed by atoms with E-state index < -0.39 is 16.8 Å². The smallest absolute Gasteiger partial charge is 0.349 e. The third-order valence-corrected chi connectivity index (χ3v) is 6.93. The Bertz CT molecular complexity index is 1610. The molecule has 11 heteroatoms. The molecular weight excluding hydrogens is 472 g/mol. The Morgan fingerprint density at radius 1 is 1.27 bits per heavy atom. The van der Waals surface area contributed by atoms with Crippen LogP contribution in [0.3, 0.4) is 0 Å². The van der Waals surface area contributed by atoms with Crippen molar-refractivity contribution in [1.29, 1.82) is 0 Å². The van der Waals surface area contributed by atoms with Crippen LogP contribution < -0.4 is 26.3 Å². The largest absolute Gasteiger partial charge is 0.477 e. The molecule has 1 aliphatic rings. The van der Waals surface area contributed by atoms with E-state index >= 15 is 0 Å². The Balaban J connectivity index is 1.63. The lowest BCUT2D eigenvalue weighted by Crippen LogP contribution is -2.69. The Morgan fingerprint density at radius 2 is 2.11 bits per heavy atom. The molecule has 1 fully saturated rings. The van der Waals surface area contributed by atoms with E-state index in [4.69, 9.17) is 14.7 Å². The van der Waals surface area contributed by atoms with Crippen LogP contribution >= 0.6 is 0 Å². The van der Waals surface area contributed by atoms with Crippen LogP contribution in [0.25, 0.3) is 22.1 Å². The molecular formula is C26H30N8O3. The monoisotopic (exact) mass is 502 g/mol. The summed E-state index contributed by atoms with van der Waals surface area (Å²) in [7, 11) is 0. The molecule has 37 heavy (non-hydrogen) atoms. The molecule has 0 saturated carbocycles. The first kappa shape index (κ1) is 24.5. The Labute approximate surface area is 213 Å². The molecule has 1 aromatic carbocycles. The summed E-state index contributed by atoms with van der Waals surface area (Å²) in [6, 6.07) is 7.38. The van der Waals surface area contributed by atoms with E-state index in [1.165, 1.54) is 11.0 Å². The van der Waals surface area contributed by atoms with Crippen molar-refractivity contribution in [2.75, 3.05) is 24.7 Å². The van der Waals surface area contributed by atoms with E-state index in [1.807, 2.05) is 36.2 Å². The summed E-state index contributed by atoms with van der Waals surface area (Å²) in [5.41, 5.74) is -0.222. The predicted octanol–water partition coefficient (Wildman–Crippen LogP) is 1.47. The van der Waals surface area contributed by atoms with Gasteiger partial charge in [0.25, 0.3) is 0 Å². The van der Waals surface area contributed by atoms with Crippen molar-refractivity contribution in [3.63, 3.8) is 0 Å². The standard InChI is InChI=1S/C26H30N8O3/c1-4-6-13-29-26(3)12-9-14-33(34-24(35)21-22(28-16-27-21)32-25(34)36)19(26)15-20-30-18-11-8-7-10-17(18)23(31-20)37-5-2/h7-8,10-11,16,19,29H,5,9,12-15H2,1-3H3,(H,27,28)(H,32,36). The Hall–Kier alpha value is -4.17. The van der Waals surface area contributed by atoms with Crippen LogP contribution in [0.5, 0.6) is 5.88 Å². The first-order chi connectivity index (χ1) is 17.9. The number of hydrogen-bond donors (Lipinski definition) is 3. The van der Waals surface area contributed by atoms with E-state index in [0.29, 0.717) is 37.8 Å². The lowest BCUT2D eigenvalue weighted by molar-refractivity contribution is 0.197. The maximum atomic E-state index is 13.4. The summed E-state index contributed by atoms with van der Waals surface area (Å²) in [4.78, 5) is 45.8. The molecule has 1 aliphatic heterocycles. The topological polar surface area (TPSA) is 134 Å². The predicted molar refractivity (Wildman–Crippen MR) is 141 cm³/mol. The zero-order chi connectivity index (χ0) is 26.0. The molecule has 4 aromatic rings. The summed E-state index contributed by atoms with van der Waals surface area (Å²) < 4.78 is 7.03. The fourth-order valence-electron chi connectivity index (χ4n) is 5.11. The number of hydrogen-bond acceptors (Lipinski definition) is 8. The normalized spacial score (nSPS) is 19.6. The molecule has 192 valence electrons. The number of piperidine rings is 1. The van der Waals surface area contributed by atoms with E-state index in [1.54, 1.807) is 6.92 Å². The third kappa shape index (κ3) is 4.56. The lowest BCUT2D eigenvalue weighted by Gasteiger charge is -2.49. The van der Waals surface area contributed by atoms with Crippen molar-refractivity contribution < 1.29 is 4.74 Å². The van der Waals surface area contributed by atoms with Crippen LogP contribution in [-0.4, -0.2) is 60.9 Å². The van der Waals surface area contributed by atoms with Gasteiger partial charge in [-0.2, -0.15) is 9.66 Å². The van der Waals surface area contributed by atoms with E-state index in [9.17, 15) is 9.59 Å². The average molecular weight is 503 g/mol. The summed E-state index contributed by atoms with van der Waals surface area (Å²) in [6.07, 6.45) is 3.37. The molecule has 0 amide bonds. The lowest BCUT2D eigenvalue weighted by atomic mass is 9.81. The molecule has 0 aliphatic carbocycles. The zero-order valence-corrected chi connectivity index (χ0v) is 21.2. The SMILES string of the molecule is CC#CCNC1(C)CCCN(n2c(=O)[nH]c3nc[nH]c3c2=O)C1Cc1nc(OCC)c2ccccc2n1. The minimum Gasteiger partial charge on any atom is -0.477 e. The molecule has 5 rings (SSSR count). The number of para-hydroxylation sites is 1. The zero-order valence-electron chi connectivity index (χ0n) is 21.2. The van der Waals surface area contributed by atoms with E-state index in [-0.39, 0.29) is 17.2 Å². The molecule has 1 saturated heterocycles. The van der Waals surface area contributed by atoms with Crippen LogP contribution in [0.1, 0.15) is 39.4 Å². The highest BCUT2D eigenvalue weighted by atomic mass is 16.5. The van der Waals surface area contributed by atoms with Crippen molar-refractivity contribution in [1.82, 2.24) is 34.9 Å². The highest BCUT2D eigenvalue weighted by Crippen LogP contribution is 2.30. The van der Waals surface area contributed by atoms with Crippen LogP contribution in [0.2, 0.25) is 0 Å². The molecule has 0 bridgehead atoms. The van der Waals surface area contributed by atoms with Crippen LogP contribution in [0.15, 0.2) is 40.2 Å². The number of imidazole rings is 1. The number of fused-ring (bicyclic) bond motifs is 2. The summed E-state index contributed by atoms with van der Waals surface area (Å²) in [5, 5.41) is 6.23. The third-order valence-electron chi connectivity index (χ3n) is 6.93. The van der Waals surface area contributed by atoms with Gasteiger partial charge in [-0.1, -0.05) is 18.1 Å². The van der Waals surface area contributed by atoms with Gasteiger partial charge in [0.2, 0.25) is 5.88 Å². The fraction of sp³-hybridized carbons (Fsp3) is 0.423. The highest BCUT2D eigenvalue weighted by molar-refractivity contribution is 5.83. The fourth-order valence-corrected chi connectivity index (χ4v) is 5.11. The number of rotatable bonds is 7. The van der Waals surface area contributed by atoms with Crippen LogP contribution in [0, 0.1) is 11.8 Å². The number of aromatic amines is 2. The summed E-state index contributed by atoms with van der Waals surface area (Å²) in [5.74, 6) is 7.08. The van der Waals surface area contributed by atoms with Gasteiger partial charge in [-0.15, -0.1) is 5.92 Å². The summed E-state index contributed by atoms with van der Waals surface area (Å²) in [6.45, 7) is 7.27. The van der Waals surface area contributed by atoms with Gasteiger partial charge in [-0.05, 0) is 45.7 Å². The van der Waals surface area contributed by atoms with Crippen molar-refractivity contribution in [2.45, 2.75) is 51.6 Å². The first-order valence-electron chi connectivity index (χ1n) is 12.4. The van der Waals surface area contributed by atoms with Crippen LogP contribution in [0.4, 0.5) is 0 Å². The van der Waals surface area contributed by atoms with Gasteiger partial charge in [0, 0.05) is 18.5 Å². The molecule has 3 N–H and O–H groups in total. The molecule has 0 spiro atoms. The van der Waals surface area contributed by atoms with Gasteiger partial charge in [0.15, 0.2) is 11.2 Å². The van der Waals surface area contributed by atoms with Gasteiger partial charge in [0.05, 0.1) is 36.4 Å². The number of H-pyrrole nitrogens is 2. The quantitative estimate of drug-likeness (QED) is 0.324. The molecule has 4 heterocycles. The number of aromatic nitrogens is 6. The number of nitrogens with zero attached hydrogens (tertiary/aromatic N) is 5. The second-order valence-electron chi connectivity index (χ2n) is 9.25. The molecule has 2 atom stereocenters. The molecule has 2 unspecified atom stereocenters. The summed E-state index contributed by atoms with van der Waals surface area (Å²) >= 11 is 0. The van der Waals surface area contributed by atoms with Crippen molar-refractivity contribution in [2.24, 2.45) is 0 Å². The highest BCUT2D eigenvalue weighted by Gasteiger charge is 2.43. The molecule has 3 aromatic heterocycles. The Kier molecular flexibility index (Phi) is 6.67. The van der Waals surface area contributed by atoms with E-state index in [0.717, 1.165) is 23.7 Å². The molecule has 0 radical (unpaired) electrons. The minimum atomic E-state index is -0.540. The second kappa shape index (κ2) is 10.1. The van der Waals surface area contributed by atoms with E-state index in [2.05, 4.69) is 39.0 Å². The van der Waals surface area contributed by atoms with Gasteiger partial charge >= 0.3 is 11.2 Å². The van der Waals surface area contributed by atoms with Gasteiger partial charge in [-0.25, -0.2) is 14.8 Å². The number of benzene rings is 1. The van der Waals surface area contributed by atoms with Gasteiger partial charge in [0.1, 0.15) is 5.82 Å². The number of nitrogens with one attached hydrogen (secondary N) is 3. The van der Waals surface area contributed by atoms with Crippen molar-refractivity contribution >= 4 is 22.1 Å². The maximum Gasteiger partial charge on any atom is 0.349 e. The maximum absolute atomic E-state index is 13.4.